The van der Waals surface area contributed by atoms with Crippen molar-refractivity contribution in [2.75, 3.05) is 6.67 Å². The first-order valence-corrected chi connectivity index (χ1v) is 10.3. The summed E-state index contributed by atoms with van der Waals surface area (Å²) in [5.41, 5.74) is -0.380. The van der Waals surface area contributed by atoms with Crippen LogP contribution in [0.25, 0.3) is 0 Å². The van der Waals surface area contributed by atoms with Crippen LogP contribution in [0.2, 0.25) is 0 Å². The Morgan fingerprint density at radius 1 is 0.957 bits per heavy atom. The molecular formula is C21H35FO. The molecule has 0 aromatic rings. The highest BCUT2D eigenvalue weighted by atomic mass is 19.1. The van der Waals surface area contributed by atoms with E-state index in [9.17, 15) is 9.50 Å². The molecule has 0 unspecified atom stereocenters. The Morgan fingerprint density at radius 2 is 1.74 bits per heavy atom. The molecule has 4 fully saturated rings. The Balaban J connectivity index is 1.52. The minimum Gasteiger partial charge on any atom is -0.387 e. The average Bonchev–Trinajstić information content (AvgIpc) is 2.90. The molecule has 0 heterocycles. The standard InChI is InChI=1S/C21H35FO/c1-3-15-5-7-19-18-6-4-14-12-21(23,13-22)11-9-16(14)17(18)8-10-20(15,19)2/h14-19,23H,3-13H2,1-2H3/t14-,15+,16+,17-,18-,19+,20-,21-/m1/s1. The molecule has 1 nitrogen and oxygen atoms in total. The Morgan fingerprint density at radius 3 is 2.48 bits per heavy atom. The molecule has 4 rings (SSSR count). The summed E-state index contributed by atoms with van der Waals surface area (Å²) in [6, 6.07) is 0. The number of alkyl halides is 1. The van der Waals surface area contributed by atoms with Gasteiger partial charge in [0.1, 0.15) is 6.67 Å². The molecule has 23 heavy (non-hydrogen) atoms. The molecule has 1 N–H and O–H groups in total. The predicted octanol–water partition coefficient (Wildman–Crippen LogP) is 5.37. The molecule has 132 valence electrons. The smallest absolute Gasteiger partial charge is 0.118 e. The summed E-state index contributed by atoms with van der Waals surface area (Å²) in [6.45, 7) is 4.45. The van der Waals surface area contributed by atoms with Gasteiger partial charge in [-0.15, -0.1) is 0 Å². The van der Waals surface area contributed by atoms with E-state index in [2.05, 4.69) is 13.8 Å². The third-order valence-corrected chi connectivity index (χ3v) is 9.04. The molecule has 0 saturated heterocycles. The Kier molecular flexibility index (Phi) is 4.06. The lowest BCUT2D eigenvalue weighted by Gasteiger charge is -2.57. The van der Waals surface area contributed by atoms with Crippen LogP contribution < -0.4 is 0 Å². The van der Waals surface area contributed by atoms with Crippen molar-refractivity contribution in [3.63, 3.8) is 0 Å². The zero-order valence-corrected chi connectivity index (χ0v) is 15.1. The van der Waals surface area contributed by atoms with Gasteiger partial charge in [-0.25, -0.2) is 4.39 Å². The van der Waals surface area contributed by atoms with E-state index in [-0.39, 0.29) is 0 Å². The monoisotopic (exact) mass is 322 g/mol. The van der Waals surface area contributed by atoms with E-state index in [0.717, 1.165) is 42.4 Å². The van der Waals surface area contributed by atoms with Crippen LogP contribution in [0.1, 0.15) is 78.1 Å². The van der Waals surface area contributed by atoms with Crippen molar-refractivity contribution in [1.29, 1.82) is 0 Å². The van der Waals surface area contributed by atoms with Gasteiger partial charge >= 0.3 is 0 Å². The maximum absolute atomic E-state index is 13.2. The second-order valence-electron chi connectivity index (χ2n) is 9.76. The lowest BCUT2D eigenvalue weighted by Crippen LogP contribution is -2.51. The first kappa shape index (κ1) is 16.4. The summed E-state index contributed by atoms with van der Waals surface area (Å²) in [5.74, 6) is 5.10. The van der Waals surface area contributed by atoms with Crippen LogP contribution in [-0.4, -0.2) is 17.4 Å². The SMILES string of the molecule is CC[C@H]1CC[C@H]2[C@@H]3CC[C@@H]4C[C@@](O)(CF)CC[C@@H]4[C@H]3CC[C@]12C. The van der Waals surface area contributed by atoms with Gasteiger partial charge in [-0.2, -0.15) is 0 Å². The molecule has 0 aliphatic heterocycles. The van der Waals surface area contributed by atoms with E-state index in [1.165, 1.54) is 44.9 Å². The van der Waals surface area contributed by atoms with Crippen molar-refractivity contribution in [1.82, 2.24) is 0 Å². The van der Waals surface area contributed by atoms with Gasteiger partial charge in [0.25, 0.3) is 0 Å². The first-order chi connectivity index (χ1) is 11.0. The zero-order valence-electron chi connectivity index (χ0n) is 15.1. The summed E-state index contributed by atoms with van der Waals surface area (Å²) in [7, 11) is 0. The van der Waals surface area contributed by atoms with Gasteiger partial charge in [0.15, 0.2) is 0 Å². The van der Waals surface area contributed by atoms with E-state index in [1.807, 2.05) is 0 Å². The van der Waals surface area contributed by atoms with Crippen LogP contribution >= 0.6 is 0 Å². The van der Waals surface area contributed by atoms with Crippen molar-refractivity contribution in [3.05, 3.63) is 0 Å². The van der Waals surface area contributed by atoms with Crippen molar-refractivity contribution in [2.45, 2.75) is 83.7 Å². The van der Waals surface area contributed by atoms with E-state index >= 15 is 0 Å². The topological polar surface area (TPSA) is 20.2 Å². The maximum atomic E-state index is 13.2. The number of fused-ring (bicyclic) bond motifs is 5. The third kappa shape index (κ3) is 2.41. The van der Waals surface area contributed by atoms with Crippen LogP contribution in [0.4, 0.5) is 4.39 Å². The molecule has 2 heteroatoms. The fourth-order valence-electron chi connectivity index (χ4n) is 7.86. The molecule has 0 spiro atoms. The largest absolute Gasteiger partial charge is 0.387 e. The quantitative estimate of drug-likeness (QED) is 0.725. The highest BCUT2D eigenvalue weighted by molar-refractivity contribution is 5.06. The van der Waals surface area contributed by atoms with Gasteiger partial charge in [0, 0.05) is 0 Å². The second kappa shape index (κ2) is 5.71. The average molecular weight is 323 g/mol. The molecule has 0 amide bonds. The second-order valence-corrected chi connectivity index (χ2v) is 9.76. The van der Waals surface area contributed by atoms with Gasteiger partial charge in [-0.3, -0.25) is 0 Å². The number of aliphatic hydroxyl groups is 1. The number of halogens is 1. The Bertz CT molecular complexity index is 451. The highest BCUT2D eigenvalue weighted by Gasteiger charge is 2.57. The molecule has 0 bridgehead atoms. The fraction of sp³-hybridized carbons (Fsp3) is 1.00. The fourth-order valence-corrected chi connectivity index (χ4v) is 7.86. The predicted molar refractivity (Wildman–Crippen MR) is 91.8 cm³/mol. The van der Waals surface area contributed by atoms with Crippen molar-refractivity contribution in [2.24, 2.45) is 40.9 Å². The zero-order chi connectivity index (χ0) is 16.2. The summed E-state index contributed by atoms with van der Waals surface area (Å²) in [6.07, 6.45) is 12.2. The summed E-state index contributed by atoms with van der Waals surface area (Å²) < 4.78 is 13.2. The van der Waals surface area contributed by atoms with Gasteiger partial charge in [-0.05, 0) is 98.7 Å². The number of hydrogen-bond donors (Lipinski definition) is 1. The van der Waals surface area contributed by atoms with Crippen LogP contribution in [-0.2, 0) is 0 Å². The normalized spacial score (nSPS) is 55.8. The van der Waals surface area contributed by atoms with Crippen molar-refractivity contribution >= 4 is 0 Å². The molecule has 4 aliphatic rings. The Labute approximate surface area is 141 Å². The summed E-state index contributed by atoms with van der Waals surface area (Å²) in [5, 5.41) is 10.4. The summed E-state index contributed by atoms with van der Waals surface area (Å²) >= 11 is 0. The van der Waals surface area contributed by atoms with Gasteiger partial charge in [0.2, 0.25) is 0 Å². The number of hydrogen-bond acceptors (Lipinski definition) is 1. The molecule has 4 aliphatic carbocycles. The lowest BCUT2D eigenvalue weighted by atomic mass is 9.49. The van der Waals surface area contributed by atoms with Crippen LogP contribution in [0.3, 0.4) is 0 Å². The van der Waals surface area contributed by atoms with Crippen LogP contribution in [0.15, 0.2) is 0 Å². The Hall–Kier alpha value is -0.110. The lowest BCUT2D eigenvalue weighted by molar-refractivity contribution is -0.111. The van der Waals surface area contributed by atoms with Crippen molar-refractivity contribution < 1.29 is 9.50 Å². The molecular weight excluding hydrogens is 287 g/mol. The number of rotatable bonds is 2. The highest BCUT2D eigenvalue weighted by Crippen LogP contribution is 2.65. The van der Waals surface area contributed by atoms with Crippen LogP contribution in [0, 0.1) is 40.9 Å². The van der Waals surface area contributed by atoms with Crippen molar-refractivity contribution in [3.8, 4) is 0 Å². The van der Waals surface area contributed by atoms with Gasteiger partial charge < -0.3 is 5.11 Å². The van der Waals surface area contributed by atoms with E-state index in [4.69, 9.17) is 0 Å². The first-order valence-electron chi connectivity index (χ1n) is 10.3. The molecule has 0 aromatic heterocycles. The van der Waals surface area contributed by atoms with E-state index in [0.29, 0.717) is 17.8 Å². The molecule has 0 radical (unpaired) electrons. The van der Waals surface area contributed by atoms with E-state index in [1.54, 1.807) is 0 Å². The molecule has 4 saturated carbocycles. The summed E-state index contributed by atoms with van der Waals surface area (Å²) in [4.78, 5) is 0. The minimum absolute atomic E-state index is 0.539. The van der Waals surface area contributed by atoms with Gasteiger partial charge in [-0.1, -0.05) is 20.3 Å². The molecule has 0 aromatic carbocycles. The van der Waals surface area contributed by atoms with Crippen LogP contribution in [0.5, 0.6) is 0 Å². The minimum atomic E-state index is -0.988. The third-order valence-electron chi connectivity index (χ3n) is 9.04. The van der Waals surface area contributed by atoms with E-state index < -0.39 is 12.3 Å². The molecule has 8 atom stereocenters. The maximum Gasteiger partial charge on any atom is 0.118 e. The van der Waals surface area contributed by atoms with Gasteiger partial charge in [0.05, 0.1) is 5.60 Å².